The summed E-state index contributed by atoms with van der Waals surface area (Å²) in [5, 5.41) is 1.60. The minimum atomic E-state index is -0.240. The van der Waals surface area contributed by atoms with Gasteiger partial charge in [0.15, 0.2) is 5.17 Å². The van der Waals surface area contributed by atoms with Crippen molar-refractivity contribution in [2.75, 3.05) is 33.4 Å². The number of methoxy groups -OCH3 is 1. The Bertz CT molecular complexity index is 1160. The summed E-state index contributed by atoms with van der Waals surface area (Å²) in [4.78, 5) is 23.6. The van der Waals surface area contributed by atoms with Crippen molar-refractivity contribution < 1.29 is 18.7 Å². The third-order valence-electron chi connectivity index (χ3n) is 5.01. The highest BCUT2D eigenvalue weighted by atomic mass is 32.2. The fraction of sp³-hybridized carbons (Fsp3) is 0.227. The predicted octanol–water partition coefficient (Wildman–Crippen LogP) is 3.81. The number of nitrogens with zero attached hydrogens (tertiary/aromatic N) is 3. The predicted molar refractivity (Wildman–Crippen MR) is 116 cm³/mol. The van der Waals surface area contributed by atoms with Crippen molar-refractivity contribution in [2.24, 2.45) is 4.99 Å². The van der Waals surface area contributed by atoms with Gasteiger partial charge in [-0.15, -0.1) is 0 Å². The van der Waals surface area contributed by atoms with E-state index in [1.165, 1.54) is 11.8 Å². The molecule has 1 fully saturated rings. The summed E-state index contributed by atoms with van der Waals surface area (Å²) in [7, 11) is 1.64. The molecule has 8 heteroatoms. The van der Waals surface area contributed by atoms with Gasteiger partial charge in [0.1, 0.15) is 17.1 Å². The van der Waals surface area contributed by atoms with E-state index in [9.17, 15) is 4.79 Å². The third-order valence-corrected chi connectivity index (χ3v) is 6.05. The van der Waals surface area contributed by atoms with Gasteiger partial charge < -0.3 is 18.8 Å². The number of ether oxygens (including phenoxy) is 2. The third kappa shape index (κ3) is 3.59. The van der Waals surface area contributed by atoms with E-state index in [1.54, 1.807) is 25.6 Å². The van der Waals surface area contributed by atoms with Crippen LogP contribution in [0.1, 0.15) is 5.76 Å². The van der Waals surface area contributed by atoms with E-state index in [1.807, 2.05) is 30.3 Å². The molecule has 2 aliphatic heterocycles. The molecule has 0 aliphatic carbocycles. The molecule has 0 radical (unpaired) electrons. The van der Waals surface area contributed by atoms with Crippen LogP contribution in [0.15, 0.2) is 57.0 Å². The van der Waals surface area contributed by atoms with Crippen molar-refractivity contribution in [2.45, 2.75) is 0 Å². The zero-order valence-electron chi connectivity index (χ0n) is 16.3. The molecular weight excluding hydrogens is 402 g/mol. The number of benzene rings is 1. The van der Waals surface area contributed by atoms with Gasteiger partial charge in [-0.1, -0.05) is 12.1 Å². The van der Waals surface area contributed by atoms with Crippen LogP contribution in [0.4, 0.5) is 0 Å². The topological polar surface area (TPSA) is 77.2 Å². The second-order valence-electron chi connectivity index (χ2n) is 6.89. The molecule has 2 aromatic heterocycles. The highest BCUT2D eigenvalue weighted by Gasteiger charge is 2.27. The summed E-state index contributed by atoms with van der Waals surface area (Å²) in [6, 6.07) is 9.63. The van der Waals surface area contributed by atoms with Crippen LogP contribution in [-0.4, -0.2) is 54.4 Å². The number of morpholine rings is 1. The summed E-state index contributed by atoms with van der Waals surface area (Å²) >= 11 is 1.38. The fourth-order valence-electron chi connectivity index (χ4n) is 3.45. The van der Waals surface area contributed by atoms with E-state index in [0.717, 1.165) is 46.1 Å². The number of aliphatic imine (C=N–C) groups is 1. The normalized spacial score (nSPS) is 18.3. The first-order valence-corrected chi connectivity index (χ1v) is 10.4. The second kappa shape index (κ2) is 7.97. The Kier molecular flexibility index (Phi) is 5.02. The first kappa shape index (κ1) is 18.9. The van der Waals surface area contributed by atoms with E-state index in [4.69, 9.17) is 13.9 Å². The molecule has 152 valence electrons. The van der Waals surface area contributed by atoms with Gasteiger partial charge >= 0.3 is 0 Å². The van der Waals surface area contributed by atoms with E-state index in [-0.39, 0.29) is 5.91 Å². The van der Waals surface area contributed by atoms with E-state index >= 15 is 0 Å². The number of furan rings is 1. The molecule has 0 atom stereocenters. The number of carbonyl (C=O) groups excluding carboxylic acids is 1. The lowest BCUT2D eigenvalue weighted by Gasteiger charge is -2.27. The summed E-state index contributed by atoms with van der Waals surface area (Å²) in [5.74, 6) is 1.15. The number of rotatable bonds is 3. The molecule has 2 aliphatic rings. The van der Waals surface area contributed by atoms with Crippen LogP contribution in [0.3, 0.4) is 0 Å². The van der Waals surface area contributed by atoms with Gasteiger partial charge in [0.2, 0.25) is 0 Å². The molecular formula is C22H19N3O4S. The SMILES string of the molecule is COc1ccc(-c2cncc3cc(C=C4SC(N5CCOCC5)=NC4=O)oc23)cc1. The Morgan fingerprint density at radius 3 is 2.73 bits per heavy atom. The zero-order valence-corrected chi connectivity index (χ0v) is 17.1. The smallest absolute Gasteiger partial charge is 0.286 e. The molecule has 0 unspecified atom stereocenters. The zero-order chi connectivity index (χ0) is 20.5. The largest absolute Gasteiger partial charge is 0.497 e. The van der Waals surface area contributed by atoms with Crippen molar-refractivity contribution >= 4 is 39.9 Å². The Morgan fingerprint density at radius 1 is 1.17 bits per heavy atom. The number of thioether (sulfide) groups is 1. The molecule has 3 aromatic rings. The fourth-order valence-corrected chi connectivity index (χ4v) is 4.39. The van der Waals surface area contributed by atoms with Crippen LogP contribution in [0.5, 0.6) is 5.75 Å². The lowest BCUT2D eigenvalue weighted by atomic mass is 10.1. The van der Waals surface area contributed by atoms with Crippen molar-refractivity contribution in [3.05, 3.63) is 53.4 Å². The Hall–Kier alpha value is -3.10. The highest BCUT2D eigenvalue weighted by Crippen LogP contribution is 2.34. The maximum Gasteiger partial charge on any atom is 0.286 e. The summed E-state index contributed by atoms with van der Waals surface area (Å²) < 4.78 is 16.7. The quantitative estimate of drug-likeness (QED) is 0.595. The van der Waals surface area contributed by atoms with Crippen LogP contribution in [0.25, 0.3) is 28.2 Å². The minimum Gasteiger partial charge on any atom is -0.497 e. The molecule has 0 N–H and O–H groups in total. The Balaban J connectivity index is 1.44. The molecule has 7 nitrogen and oxygen atoms in total. The average molecular weight is 421 g/mol. The molecule has 1 amide bonds. The van der Waals surface area contributed by atoms with E-state index in [0.29, 0.717) is 23.9 Å². The lowest BCUT2D eigenvalue weighted by Crippen LogP contribution is -2.38. The van der Waals surface area contributed by atoms with Gasteiger partial charge in [0.05, 0.1) is 25.2 Å². The van der Waals surface area contributed by atoms with Gasteiger partial charge in [-0.25, -0.2) is 0 Å². The molecule has 4 heterocycles. The molecule has 0 spiro atoms. The number of hydrogen-bond donors (Lipinski definition) is 0. The molecule has 30 heavy (non-hydrogen) atoms. The summed E-state index contributed by atoms with van der Waals surface area (Å²) in [6.07, 6.45) is 5.29. The van der Waals surface area contributed by atoms with E-state index in [2.05, 4.69) is 14.9 Å². The maximum absolute atomic E-state index is 12.4. The standard InChI is InChI=1S/C22H19N3O4S/c1-27-16-4-2-14(3-5-16)18-13-23-12-15-10-17(29-20(15)18)11-19-21(26)24-22(30-19)25-6-8-28-9-7-25/h2-5,10-13H,6-9H2,1H3. The van der Waals surface area contributed by atoms with Crippen molar-refractivity contribution in [3.63, 3.8) is 0 Å². The Morgan fingerprint density at radius 2 is 1.97 bits per heavy atom. The molecule has 0 bridgehead atoms. The van der Waals surface area contributed by atoms with Gasteiger partial charge in [0, 0.05) is 42.5 Å². The van der Waals surface area contributed by atoms with Crippen LogP contribution in [0, 0.1) is 0 Å². The van der Waals surface area contributed by atoms with Gasteiger partial charge in [0.25, 0.3) is 5.91 Å². The van der Waals surface area contributed by atoms with Crippen LogP contribution in [-0.2, 0) is 9.53 Å². The summed E-state index contributed by atoms with van der Waals surface area (Å²) in [6.45, 7) is 2.79. The second-order valence-corrected chi connectivity index (χ2v) is 7.90. The van der Waals surface area contributed by atoms with Crippen molar-refractivity contribution in [1.82, 2.24) is 9.88 Å². The number of amides is 1. The summed E-state index contributed by atoms with van der Waals surface area (Å²) in [5.41, 5.74) is 2.59. The highest BCUT2D eigenvalue weighted by molar-refractivity contribution is 8.18. The molecule has 5 rings (SSSR count). The average Bonchev–Trinajstić information content (AvgIpc) is 3.37. The Labute approximate surface area is 177 Å². The van der Waals surface area contributed by atoms with Crippen LogP contribution in [0.2, 0.25) is 0 Å². The lowest BCUT2D eigenvalue weighted by molar-refractivity contribution is -0.113. The molecule has 1 aromatic carbocycles. The number of amidine groups is 1. The van der Waals surface area contributed by atoms with Crippen LogP contribution < -0.4 is 4.74 Å². The minimum absolute atomic E-state index is 0.240. The van der Waals surface area contributed by atoms with Gasteiger partial charge in [-0.2, -0.15) is 4.99 Å². The van der Waals surface area contributed by atoms with E-state index < -0.39 is 0 Å². The van der Waals surface area contributed by atoms with Crippen molar-refractivity contribution in [3.8, 4) is 16.9 Å². The monoisotopic (exact) mass is 421 g/mol. The number of pyridine rings is 1. The number of fused-ring (bicyclic) bond motifs is 1. The van der Waals surface area contributed by atoms with Gasteiger partial charge in [-0.3, -0.25) is 9.78 Å². The van der Waals surface area contributed by atoms with Crippen LogP contribution >= 0.6 is 11.8 Å². The number of carbonyl (C=O) groups is 1. The maximum atomic E-state index is 12.4. The number of aromatic nitrogens is 1. The molecule has 1 saturated heterocycles. The van der Waals surface area contributed by atoms with Crippen molar-refractivity contribution in [1.29, 1.82) is 0 Å². The molecule has 0 saturated carbocycles. The van der Waals surface area contributed by atoms with Gasteiger partial charge in [-0.05, 0) is 35.5 Å². The first-order valence-electron chi connectivity index (χ1n) is 9.58. The first-order chi connectivity index (χ1) is 14.7. The number of hydrogen-bond acceptors (Lipinski definition) is 7.